The molecule has 16 heteroatoms. The first-order chi connectivity index (χ1) is 22.5. The number of carbonyl (C=O) groups is 4. The van der Waals surface area contributed by atoms with Gasteiger partial charge in [0.1, 0.15) is 0 Å². The predicted molar refractivity (Wildman–Crippen MR) is 177 cm³/mol. The van der Waals surface area contributed by atoms with E-state index < -0.39 is 26.7 Å². The summed E-state index contributed by atoms with van der Waals surface area (Å²) in [6.07, 6.45) is 2.33. The van der Waals surface area contributed by atoms with E-state index in [4.69, 9.17) is 18.0 Å². The lowest BCUT2D eigenvalue weighted by Crippen LogP contribution is -2.46. The molecule has 1 heterocycles. The Morgan fingerprint density at radius 1 is 0.553 bits per heavy atom. The van der Waals surface area contributed by atoms with Gasteiger partial charge in [-0.1, -0.05) is 0 Å². The molecule has 1 saturated heterocycles. The van der Waals surface area contributed by atoms with Crippen LogP contribution in [0.5, 0.6) is 0 Å². The average molecular weight is 693 g/mol. The predicted octanol–water partition coefficient (Wildman–Crippen LogP) is 1.78. The van der Waals surface area contributed by atoms with Crippen molar-refractivity contribution in [3.05, 3.63) is 0 Å². The van der Waals surface area contributed by atoms with Gasteiger partial charge in [0.15, 0.2) is 0 Å². The molecule has 0 aromatic heterocycles. The number of esters is 1. The lowest BCUT2D eigenvalue weighted by molar-refractivity contribution is -0.144. The average Bonchev–Trinajstić information content (AvgIpc) is 3.01. The Morgan fingerprint density at radius 2 is 0.894 bits per heavy atom. The van der Waals surface area contributed by atoms with E-state index in [0.717, 1.165) is 12.8 Å². The van der Waals surface area contributed by atoms with Crippen LogP contribution in [0.1, 0.15) is 65.7 Å². The van der Waals surface area contributed by atoms with Gasteiger partial charge in [0.2, 0.25) is 0 Å². The maximum atomic E-state index is 12.7. The van der Waals surface area contributed by atoms with Gasteiger partial charge < -0.3 is 52.9 Å². The third kappa shape index (κ3) is 21.4. The van der Waals surface area contributed by atoms with Crippen LogP contribution in [0.15, 0.2) is 0 Å². The topological polar surface area (TPSA) is 179 Å². The second kappa shape index (κ2) is 25.8. The zero-order valence-electron chi connectivity index (χ0n) is 28.9. The quantitative estimate of drug-likeness (QED) is 0.0849. The summed E-state index contributed by atoms with van der Waals surface area (Å²) in [5.74, 6) is -2.89. The minimum absolute atomic E-state index is 0.0194. The third-order valence-corrected chi connectivity index (χ3v) is 11.1. The van der Waals surface area contributed by atoms with Crippen LogP contribution < -0.4 is 0 Å². The van der Waals surface area contributed by atoms with Gasteiger partial charge in [-0.15, -0.1) is 0 Å². The summed E-state index contributed by atoms with van der Waals surface area (Å²) in [7, 11) is -2.80. The van der Waals surface area contributed by atoms with E-state index in [2.05, 4.69) is 19.6 Å². The first kappa shape index (κ1) is 42.8. The van der Waals surface area contributed by atoms with Gasteiger partial charge in [-0.05, 0) is 66.2 Å². The normalized spacial score (nSPS) is 17.3. The molecular weight excluding hydrogens is 632 g/mol. The number of nitrogens with zero attached hydrogens (tertiary/aromatic N) is 4. The molecule has 1 aliphatic rings. The highest BCUT2D eigenvalue weighted by molar-refractivity contribution is 6.60. The molecule has 3 N–H and O–H groups in total. The van der Waals surface area contributed by atoms with Gasteiger partial charge in [-0.2, -0.15) is 0 Å². The van der Waals surface area contributed by atoms with Crippen LogP contribution in [0.4, 0.5) is 0 Å². The highest BCUT2D eigenvalue weighted by atomic mass is 28.4. The van der Waals surface area contributed by atoms with Crippen molar-refractivity contribution in [2.75, 3.05) is 105 Å². The van der Waals surface area contributed by atoms with Crippen molar-refractivity contribution in [1.82, 2.24) is 19.6 Å². The molecule has 0 atom stereocenters. The van der Waals surface area contributed by atoms with Crippen molar-refractivity contribution >= 4 is 32.7 Å². The van der Waals surface area contributed by atoms with Crippen LogP contribution in [0.2, 0.25) is 6.04 Å². The van der Waals surface area contributed by atoms with Crippen LogP contribution in [0.25, 0.3) is 0 Å². The van der Waals surface area contributed by atoms with Crippen LogP contribution in [0.3, 0.4) is 0 Å². The molecule has 0 aromatic carbocycles. The zero-order valence-corrected chi connectivity index (χ0v) is 29.9. The zero-order chi connectivity index (χ0) is 34.9. The van der Waals surface area contributed by atoms with Crippen LogP contribution in [-0.2, 0) is 37.2 Å². The summed E-state index contributed by atoms with van der Waals surface area (Å²) in [6.45, 7) is 14.2. The van der Waals surface area contributed by atoms with E-state index in [1.54, 1.807) is 0 Å². The number of hydrogen-bond donors (Lipinski definition) is 3. The summed E-state index contributed by atoms with van der Waals surface area (Å²) in [6, 6.07) is 0.559. The first-order valence-electron chi connectivity index (χ1n) is 17.1. The van der Waals surface area contributed by atoms with Crippen molar-refractivity contribution in [3.63, 3.8) is 0 Å². The highest BCUT2D eigenvalue weighted by Gasteiger charge is 2.39. The van der Waals surface area contributed by atoms with E-state index >= 15 is 0 Å². The monoisotopic (exact) mass is 692 g/mol. The van der Waals surface area contributed by atoms with Gasteiger partial charge in [-0.25, -0.2) is 0 Å². The summed E-state index contributed by atoms with van der Waals surface area (Å²) in [5, 5.41) is 27.8. The van der Waals surface area contributed by atoms with Crippen molar-refractivity contribution in [3.8, 4) is 0 Å². The summed E-state index contributed by atoms with van der Waals surface area (Å²) >= 11 is 0. The Bertz CT molecular complexity index is 885. The van der Waals surface area contributed by atoms with E-state index in [1.807, 2.05) is 20.8 Å². The Balaban J connectivity index is 2.84. The molecule has 0 spiro atoms. The Hall–Kier alpha value is -2.18. The molecule has 15 nitrogen and oxygen atoms in total. The Kier molecular flexibility index (Phi) is 23.5. The van der Waals surface area contributed by atoms with Gasteiger partial charge in [-0.3, -0.25) is 19.2 Å². The van der Waals surface area contributed by atoms with Gasteiger partial charge in [0.25, 0.3) is 0 Å². The van der Waals surface area contributed by atoms with Crippen molar-refractivity contribution < 1.29 is 52.5 Å². The van der Waals surface area contributed by atoms with Crippen molar-refractivity contribution in [2.24, 2.45) is 0 Å². The molecule has 1 rings (SSSR count). The van der Waals surface area contributed by atoms with Gasteiger partial charge >= 0.3 is 32.7 Å². The molecule has 274 valence electrons. The third-order valence-electron chi connectivity index (χ3n) is 7.90. The molecular formula is C31H60N4O11Si. The SMILES string of the molecule is CCO[Si](CCCOC(=O)CCN1CCCN(CCC(=O)O)CCN(CCC(=O)O)CCCN(CCC(=O)O)CC1)(OCC)OCC. The number of hydrogen-bond acceptors (Lipinski definition) is 12. The molecule has 1 aliphatic heterocycles. The first-order valence-corrected chi connectivity index (χ1v) is 19.1. The molecule has 47 heavy (non-hydrogen) atoms. The molecule has 0 radical (unpaired) electrons. The molecule has 0 aliphatic carbocycles. The second-order valence-electron chi connectivity index (χ2n) is 11.6. The molecule has 1 fully saturated rings. The van der Waals surface area contributed by atoms with Crippen LogP contribution in [-0.4, -0.2) is 173 Å². The Morgan fingerprint density at radius 3 is 1.21 bits per heavy atom. The highest BCUT2D eigenvalue weighted by Crippen LogP contribution is 2.18. The van der Waals surface area contributed by atoms with Crippen LogP contribution in [0, 0.1) is 0 Å². The molecule has 0 amide bonds. The summed E-state index contributed by atoms with van der Waals surface area (Å²) in [5.41, 5.74) is 0. The number of aliphatic carboxylic acids is 3. The maximum Gasteiger partial charge on any atom is 0.501 e. The minimum atomic E-state index is -2.80. The molecule has 0 saturated carbocycles. The lowest BCUT2D eigenvalue weighted by Gasteiger charge is -2.31. The van der Waals surface area contributed by atoms with Gasteiger partial charge in [0, 0.05) is 78.2 Å². The van der Waals surface area contributed by atoms with E-state index in [1.165, 1.54) is 0 Å². The van der Waals surface area contributed by atoms with Crippen molar-refractivity contribution in [2.45, 2.75) is 71.8 Å². The fraction of sp³-hybridized carbons (Fsp3) is 0.871. The number of carbonyl (C=O) groups excluding carboxylic acids is 1. The van der Waals surface area contributed by atoms with E-state index in [-0.39, 0.29) is 38.3 Å². The summed E-state index contributed by atoms with van der Waals surface area (Å²) in [4.78, 5) is 55.0. The lowest BCUT2D eigenvalue weighted by atomic mass is 10.2. The van der Waals surface area contributed by atoms with Crippen LogP contribution >= 0.6 is 0 Å². The number of carboxylic acids is 3. The maximum absolute atomic E-state index is 12.7. The number of rotatable bonds is 22. The summed E-state index contributed by atoms with van der Waals surface area (Å²) < 4.78 is 23.2. The minimum Gasteiger partial charge on any atom is -0.481 e. The van der Waals surface area contributed by atoms with Gasteiger partial charge in [0.05, 0.1) is 32.3 Å². The van der Waals surface area contributed by atoms with E-state index in [9.17, 15) is 34.5 Å². The number of ether oxygens (including phenoxy) is 1. The fourth-order valence-corrected chi connectivity index (χ4v) is 8.08. The molecule has 0 aromatic rings. The molecule has 0 bridgehead atoms. The number of carboxylic acid groups (broad SMARTS) is 3. The van der Waals surface area contributed by atoms with Crippen molar-refractivity contribution in [1.29, 1.82) is 0 Å². The second-order valence-corrected chi connectivity index (χ2v) is 14.3. The Labute approximate surface area is 281 Å². The van der Waals surface area contributed by atoms with E-state index in [0.29, 0.717) is 111 Å². The molecule has 0 unspecified atom stereocenters. The largest absolute Gasteiger partial charge is 0.501 e. The fourth-order valence-electron chi connectivity index (χ4n) is 5.50. The standard InChI is InChI=1S/C31H60N4O11Si/c1-4-44-47(45-5-2,46-6-3)27-9-26-43-31(42)13-21-35-17-8-16-33(19-11-29(38)39)23-22-32(18-10-28(36)37)14-7-15-34(24-25-35)20-12-30(40)41/h4-27H2,1-3H3,(H,36,37)(H,38,39)(H,40,41). The smallest absolute Gasteiger partial charge is 0.481 e.